The minimum Gasteiger partial charge on any atom is -0.480 e. The molecular weight excluding hydrogens is 661 g/mol. The zero-order valence-corrected chi connectivity index (χ0v) is 31.1. The zero-order valence-electron chi connectivity index (χ0n) is 30.2. The first kappa shape index (κ1) is 46.9. The molecule has 0 aromatic rings. The monoisotopic (exact) mass is 723 g/mol. The van der Waals surface area contributed by atoms with E-state index >= 15 is 0 Å². The van der Waals surface area contributed by atoms with Crippen LogP contribution in [0.2, 0.25) is 0 Å². The number of esters is 1. The number of hydrogen-bond donors (Lipinski definition) is 4. The number of aliphatic carboxylic acids is 1. The largest absolute Gasteiger partial charge is 0.480 e. The molecule has 0 aliphatic rings. The highest BCUT2D eigenvalue weighted by Crippen LogP contribution is 2.43. The van der Waals surface area contributed by atoms with Crippen molar-refractivity contribution < 1.29 is 47.8 Å². The van der Waals surface area contributed by atoms with Crippen molar-refractivity contribution >= 4 is 25.7 Å². The summed E-state index contributed by atoms with van der Waals surface area (Å²) in [6.07, 6.45) is 37.0. The minimum atomic E-state index is -4.76. The molecule has 1 amide bonds. The summed E-state index contributed by atoms with van der Waals surface area (Å²) in [7, 11) is -4.76. The topological polar surface area (TPSA) is 169 Å². The third kappa shape index (κ3) is 32.1. The van der Waals surface area contributed by atoms with E-state index in [4.69, 9.17) is 13.8 Å². The van der Waals surface area contributed by atoms with Crippen LogP contribution in [-0.4, -0.2) is 64.9 Å². The van der Waals surface area contributed by atoms with Crippen molar-refractivity contribution in [2.45, 2.75) is 129 Å². The Morgan fingerprint density at radius 3 is 1.66 bits per heavy atom. The number of phosphoric ester groups is 1. The molecule has 0 heterocycles. The van der Waals surface area contributed by atoms with Gasteiger partial charge in [-0.15, -0.1) is 0 Å². The van der Waals surface area contributed by atoms with E-state index in [0.29, 0.717) is 12.8 Å². The van der Waals surface area contributed by atoms with Gasteiger partial charge in [0.05, 0.1) is 13.2 Å². The number of aliphatic hydroxyl groups excluding tert-OH is 1. The summed E-state index contributed by atoms with van der Waals surface area (Å²) >= 11 is 0. The van der Waals surface area contributed by atoms with Crippen LogP contribution in [0.5, 0.6) is 0 Å². The average Bonchev–Trinajstić information content (AvgIpc) is 3.08. The van der Waals surface area contributed by atoms with Crippen LogP contribution >= 0.6 is 7.82 Å². The normalized spacial score (nSPS) is 14.8. The summed E-state index contributed by atoms with van der Waals surface area (Å²) in [5.74, 6) is -2.49. The first-order chi connectivity index (χ1) is 24.1. The molecule has 0 radical (unpaired) electrons. The Kier molecular flexibility index (Phi) is 31.0. The van der Waals surface area contributed by atoms with Crippen molar-refractivity contribution in [2.24, 2.45) is 0 Å². The van der Waals surface area contributed by atoms with Crippen molar-refractivity contribution in [1.82, 2.24) is 5.32 Å². The van der Waals surface area contributed by atoms with Crippen LogP contribution in [0.15, 0.2) is 72.9 Å². The van der Waals surface area contributed by atoms with E-state index < -0.39 is 57.6 Å². The van der Waals surface area contributed by atoms with E-state index in [0.717, 1.165) is 70.6 Å². The number of aliphatic hydroxyl groups is 1. The second kappa shape index (κ2) is 33.1. The molecule has 0 aromatic heterocycles. The summed E-state index contributed by atoms with van der Waals surface area (Å²) in [6, 6.07) is -1.55. The standard InChI is InChI=1S/C38H62NO10P/c1-3-5-7-9-11-12-13-14-15-16-17-18-19-20-21-22-24-26-28-30-37(42)47-31-34(40)32-48-50(45,46)49-33-35(38(43)44)39-36(41)29-27-25-23-10-8-6-4-2/h5,7,11-12,14-15,17-18,20-21,24,26,34-35,40H,3-4,6,8-10,13,16,19,22-23,25,27-33H2,1-2H3,(H,39,41)(H,43,44)(H,45,46)/b7-5-,12-11-,15-14-,18-17-,21-20-,26-24-. The zero-order chi connectivity index (χ0) is 37.1. The lowest BCUT2D eigenvalue weighted by Crippen LogP contribution is -2.43. The molecule has 3 unspecified atom stereocenters. The highest BCUT2D eigenvalue weighted by molar-refractivity contribution is 7.47. The molecule has 3 atom stereocenters. The van der Waals surface area contributed by atoms with Gasteiger partial charge < -0.3 is 25.2 Å². The van der Waals surface area contributed by atoms with Crippen LogP contribution < -0.4 is 5.32 Å². The third-order valence-corrected chi connectivity index (χ3v) is 7.97. The van der Waals surface area contributed by atoms with Crippen molar-refractivity contribution in [3.63, 3.8) is 0 Å². The maximum Gasteiger partial charge on any atom is 0.472 e. The number of carbonyl (C=O) groups is 3. The van der Waals surface area contributed by atoms with E-state index in [1.807, 2.05) is 18.2 Å². The lowest BCUT2D eigenvalue weighted by Gasteiger charge is -2.18. The third-order valence-electron chi connectivity index (χ3n) is 7.02. The number of phosphoric acid groups is 1. The molecule has 0 fully saturated rings. The number of amides is 1. The number of rotatable bonds is 32. The quantitative estimate of drug-likeness (QED) is 0.0230. The first-order valence-corrected chi connectivity index (χ1v) is 19.5. The second-order valence-electron chi connectivity index (χ2n) is 11.7. The van der Waals surface area contributed by atoms with Crippen LogP contribution in [0.1, 0.15) is 117 Å². The number of allylic oxidation sites excluding steroid dienone is 12. The smallest absolute Gasteiger partial charge is 0.472 e. The molecule has 11 nitrogen and oxygen atoms in total. The molecule has 0 saturated heterocycles. The second-order valence-corrected chi connectivity index (χ2v) is 13.1. The van der Waals surface area contributed by atoms with E-state index in [9.17, 15) is 34.1 Å². The van der Waals surface area contributed by atoms with Gasteiger partial charge in [-0.3, -0.25) is 18.6 Å². The van der Waals surface area contributed by atoms with Gasteiger partial charge in [-0.2, -0.15) is 0 Å². The number of carboxylic acids is 1. The molecule has 0 rings (SSSR count). The molecule has 0 aromatic carbocycles. The van der Waals surface area contributed by atoms with Crippen molar-refractivity contribution in [2.75, 3.05) is 19.8 Å². The molecule has 50 heavy (non-hydrogen) atoms. The van der Waals surface area contributed by atoms with Gasteiger partial charge in [0.25, 0.3) is 0 Å². The summed E-state index contributed by atoms with van der Waals surface area (Å²) in [4.78, 5) is 45.4. The SMILES string of the molecule is CC/C=C\C/C=C\C/C=C\C/C=C\C/C=C\C/C=C\CCC(=O)OCC(O)COP(=O)(O)OCC(NC(=O)CCCCCCCCC)C(=O)O. The molecule has 0 aliphatic carbocycles. The van der Waals surface area contributed by atoms with Gasteiger partial charge in [-0.05, 0) is 51.4 Å². The number of carbonyl (C=O) groups excluding carboxylic acids is 2. The molecule has 0 bridgehead atoms. The van der Waals surface area contributed by atoms with E-state index in [2.05, 4.69) is 73.8 Å². The summed E-state index contributed by atoms with van der Waals surface area (Å²) in [5.41, 5.74) is 0. The highest BCUT2D eigenvalue weighted by Gasteiger charge is 2.28. The van der Waals surface area contributed by atoms with Gasteiger partial charge in [0.15, 0.2) is 6.04 Å². The van der Waals surface area contributed by atoms with Crippen LogP contribution in [0.25, 0.3) is 0 Å². The predicted octanol–water partition coefficient (Wildman–Crippen LogP) is 8.21. The molecule has 0 spiro atoms. The molecule has 284 valence electrons. The number of hydrogen-bond acceptors (Lipinski definition) is 8. The summed E-state index contributed by atoms with van der Waals surface area (Å²) in [6.45, 7) is 2.29. The Balaban J connectivity index is 4.07. The van der Waals surface area contributed by atoms with Crippen LogP contribution in [0, 0.1) is 0 Å². The highest BCUT2D eigenvalue weighted by atomic mass is 31.2. The summed E-state index contributed by atoms with van der Waals surface area (Å²) in [5, 5.41) is 21.6. The molecule has 0 aliphatic heterocycles. The molecular formula is C38H62NO10P. The van der Waals surface area contributed by atoms with Gasteiger partial charge in [0, 0.05) is 12.8 Å². The van der Waals surface area contributed by atoms with E-state index in [1.54, 1.807) is 0 Å². The van der Waals surface area contributed by atoms with Crippen LogP contribution in [0.3, 0.4) is 0 Å². The number of ether oxygens (including phenoxy) is 1. The van der Waals surface area contributed by atoms with Crippen molar-refractivity contribution in [3.05, 3.63) is 72.9 Å². The number of nitrogens with one attached hydrogen (secondary N) is 1. The Bertz CT molecular complexity index is 1130. The maximum atomic E-state index is 12.2. The van der Waals surface area contributed by atoms with E-state index in [-0.39, 0.29) is 12.8 Å². The Labute approximate surface area is 299 Å². The Morgan fingerprint density at radius 2 is 1.14 bits per heavy atom. The molecule has 12 heteroatoms. The van der Waals surface area contributed by atoms with Gasteiger partial charge in [-0.1, -0.05) is 125 Å². The van der Waals surface area contributed by atoms with Gasteiger partial charge in [0.1, 0.15) is 12.7 Å². The van der Waals surface area contributed by atoms with Gasteiger partial charge in [0.2, 0.25) is 5.91 Å². The van der Waals surface area contributed by atoms with Crippen molar-refractivity contribution in [1.29, 1.82) is 0 Å². The fourth-order valence-corrected chi connectivity index (χ4v) is 4.99. The minimum absolute atomic E-state index is 0.0958. The van der Waals surface area contributed by atoms with Gasteiger partial charge in [-0.25, -0.2) is 9.36 Å². The fraction of sp³-hybridized carbons (Fsp3) is 0.605. The van der Waals surface area contributed by atoms with Crippen molar-refractivity contribution in [3.8, 4) is 0 Å². The molecule has 0 saturated carbocycles. The first-order valence-electron chi connectivity index (χ1n) is 18.0. The van der Waals surface area contributed by atoms with Crippen LogP contribution in [-0.2, 0) is 32.7 Å². The Morgan fingerprint density at radius 1 is 0.660 bits per heavy atom. The Hall–Kier alpha value is -3.08. The van der Waals surface area contributed by atoms with E-state index in [1.165, 1.54) is 6.42 Å². The summed E-state index contributed by atoms with van der Waals surface area (Å²) < 4.78 is 26.5. The maximum absolute atomic E-state index is 12.2. The average molecular weight is 724 g/mol. The molecule has 4 N–H and O–H groups in total. The predicted molar refractivity (Wildman–Crippen MR) is 198 cm³/mol. The van der Waals surface area contributed by atoms with Gasteiger partial charge >= 0.3 is 19.8 Å². The lowest BCUT2D eigenvalue weighted by atomic mass is 10.1. The lowest BCUT2D eigenvalue weighted by molar-refractivity contribution is -0.147. The van der Waals surface area contributed by atoms with Crippen LogP contribution in [0.4, 0.5) is 0 Å². The fourth-order valence-electron chi connectivity index (χ4n) is 4.22. The number of carboxylic acid groups (broad SMARTS) is 1. The number of unbranched alkanes of at least 4 members (excludes halogenated alkanes) is 6.